The molecule has 1 N–H and O–H groups in total. The SMILES string of the molecule is CCC(NC(=O)c1cc(N2CCCC2)ccn1)c1ccc(OC)cc1. The third kappa shape index (κ3) is 4.10. The van der Waals surface area contributed by atoms with E-state index in [1.165, 1.54) is 12.8 Å². The number of hydrogen-bond donors (Lipinski definition) is 1. The minimum absolute atomic E-state index is 0.0457. The van der Waals surface area contributed by atoms with Gasteiger partial charge in [-0.25, -0.2) is 0 Å². The Hall–Kier alpha value is -2.56. The molecule has 2 heterocycles. The Balaban J connectivity index is 1.72. The van der Waals surface area contributed by atoms with Gasteiger partial charge in [0.15, 0.2) is 0 Å². The predicted octanol–water partition coefficient (Wildman–Crippen LogP) is 3.57. The fourth-order valence-corrected chi connectivity index (χ4v) is 3.21. The van der Waals surface area contributed by atoms with Gasteiger partial charge in [-0.1, -0.05) is 19.1 Å². The molecule has 1 aliphatic heterocycles. The molecule has 0 spiro atoms. The van der Waals surface area contributed by atoms with Crippen LogP contribution in [0.5, 0.6) is 5.75 Å². The maximum atomic E-state index is 12.7. The van der Waals surface area contributed by atoms with E-state index >= 15 is 0 Å². The van der Waals surface area contributed by atoms with Crippen LogP contribution < -0.4 is 15.0 Å². The average Bonchev–Trinajstić information content (AvgIpc) is 3.21. The van der Waals surface area contributed by atoms with Gasteiger partial charge in [-0.2, -0.15) is 0 Å². The van der Waals surface area contributed by atoms with Crippen LogP contribution >= 0.6 is 0 Å². The third-order valence-electron chi connectivity index (χ3n) is 4.68. The number of methoxy groups -OCH3 is 1. The monoisotopic (exact) mass is 339 g/mol. The molecule has 3 rings (SSSR count). The minimum Gasteiger partial charge on any atom is -0.497 e. The molecule has 132 valence electrons. The largest absolute Gasteiger partial charge is 0.497 e. The van der Waals surface area contributed by atoms with E-state index in [4.69, 9.17) is 4.74 Å². The molecule has 0 aliphatic carbocycles. The number of ether oxygens (including phenoxy) is 1. The summed E-state index contributed by atoms with van der Waals surface area (Å²) in [6, 6.07) is 11.6. The fourth-order valence-electron chi connectivity index (χ4n) is 3.21. The van der Waals surface area contributed by atoms with Gasteiger partial charge in [0.05, 0.1) is 13.2 Å². The van der Waals surface area contributed by atoms with Crippen LogP contribution in [0, 0.1) is 0 Å². The summed E-state index contributed by atoms with van der Waals surface area (Å²) < 4.78 is 5.19. The quantitative estimate of drug-likeness (QED) is 0.874. The lowest BCUT2D eigenvalue weighted by Gasteiger charge is -2.20. The van der Waals surface area contributed by atoms with E-state index in [1.807, 2.05) is 36.4 Å². The number of nitrogens with one attached hydrogen (secondary N) is 1. The molecule has 25 heavy (non-hydrogen) atoms. The number of benzene rings is 1. The molecule has 1 aromatic heterocycles. The van der Waals surface area contributed by atoms with Crippen LogP contribution in [0.4, 0.5) is 5.69 Å². The van der Waals surface area contributed by atoms with Gasteiger partial charge in [0.1, 0.15) is 11.4 Å². The number of pyridine rings is 1. The van der Waals surface area contributed by atoms with Gasteiger partial charge in [0.25, 0.3) is 5.91 Å². The number of hydrogen-bond acceptors (Lipinski definition) is 4. The molecule has 0 radical (unpaired) electrons. The van der Waals surface area contributed by atoms with Crippen LogP contribution in [-0.2, 0) is 0 Å². The number of rotatable bonds is 6. The lowest BCUT2D eigenvalue weighted by Crippen LogP contribution is -2.29. The summed E-state index contributed by atoms with van der Waals surface area (Å²) in [6.45, 7) is 4.16. The maximum absolute atomic E-state index is 12.7. The van der Waals surface area contributed by atoms with Gasteiger partial charge in [0.2, 0.25) is 0 Å². The molecule has 1 amide bonds. The Morgan fingerprint density at radius 2 is 1.96 bits per heavy atom. The zero-order valence-electron chi connectivity index (χ0n) is 14.9. The molecule has 2 aromatic rings. The first-order valence-corrected chi connectivity index (χ1v) is 8.87. The van der Waals surface area contributed by atoms with E-state index in [0.717, 1.165) is 36.5 Å². The van der Waals surface area contributed by atoms with Crippen molar-refractivity contribution < 1.29 is 9.53 Å². The number of nitrogens with zero attached hydrogens (tertiary/aromatic N) is 2. The number of carbonyl (C=O) groups is 1. The smallest absolute Gasteiger partial charge is 0.270 e. The van der Waals surface area contributed by atoms with Crippen molar-refractivity contribution in [3.63, 3.8) is 0 Å². The average molecular weight is 339 g/mol. The Kier molecular flexibility index (Phi) is 5.53. The second-order valence-corrected chi connectivity index (χ2v) is 6.30. The molecule has 1 atom stereocenters. The first-order valence-electron chi connectivity index (χ1n) is 8.87. The molecule has 0 saturated carbocycles. The van der Waals surface area contributed by atoms with Gasteiger partial charge >= 0.3 is 0 Å². The van der Waals surface area contributed by atoms with Crippen LogP contribution in [0.1, 0.15) is 48.3 Å². The lowest BCUT2D eigenvalue weighted by atomic mass is 10.0. The predicted molar refractivity (Wildman–Crippen MR) is 99.2 cm³/mol. The van der Waals surface area contributed by atoms with Crippen molar-refractivity contribution >= 4 is 11.6 Å². The highest BCUT2D eigenvalue weighted by Crippen LogP contribution is 2.22. The summed E-state index contributed by atoms with van der Waals surface area (Å²) in [5, 5.41) is 3.09. The highest BCUT2D eigenvalue weighted by atomic mass is 16.5. The zero-order chi connectivity index (χ0) is 17.6. The Morgan fingerprint density at radius 3 is 2.60 bits per heavy atom. The number of amides is 1. The number of carbonyl (C=O) groups excluding carboxylic acids is 1. The van der Waals surface area contributed by atoms with E-state index in [2.05, 4.69) is 22.1 Å². The Bertz CT molecular complexity index is 709. The summed E-state index contributed by atoms with van der Waals surface area (Å²) in [7, 11) is 1.65. The molecule has 5 nitrogen and oxygen atoms in total. The second kappa shape index (κ2) is 8.01. The molecule has 1 aliphatic rings. The van der Waals surface area contributed by atoms with Crippen LogP contribution in [0.25, 0.3) is 0 Å². The van der Waals surface area contributed by atoms with E-state index in [9.17, 15) is 4.79 Å². The Labute approximate surface area is 149 Å². The molecule has 1 fully saturated rings. The number of anilines is 1. The molecule has 1 saturated heterocycles. The molecule has 1 aromatic carbocycles. The minimum atomic E-state index is -0.135. The van der Waals surface area contributed by atoms with Crippen LogP contribution in [0.15, 0.2) is 42.6 Å². The fraction of sp³-hybridized carbons (Fsp3) is 0.400. The summed E-state index contributed by atoms with van der Waals surface area (Å²) in [6.07, 6.45) is 4.94. The second-order valence-electron chi connectivity index (χ2n) is 6.30. The molecule has 1 unspecified atom stereocenters. The number of aromatic nitrogens is 1. The van der Waals surface area contributed by atoms with Crippen molar-refractivity contribution in [3.05, 3.63) is 53.9 Å². The summed E-state index contributed by atoms with van der Waals surface area (Å²) in [5.74, 6) is 0.675. The van der Waals surface area contributed by atoms with Gasteiger partial charge in [-0.15, -0.1) is 0 Å². The van der Waals surface area contributed by atoms with Crippen molar-refractivity contribution in [2.75, 3.05) is 25.1 Å². The van der Waals surface area contributed by atoms with Crippen LogP contribution in [0.3, 0.4) is 0 Å². The van der Waals surface area contributed by atoms with Crippen molar-refractivity contribution in [1.29, 1.82) is 0 Å². The van der Waals surface area contributed by atoms with Gasteiger partial charge < -0.3 is 15.0 Å². The molecule has 0 bridgehead atoms. The van der Waals surface area contributed by atoms with Crippen LogP contribution in [-0.4, -0.2) is 31.1 Å². The van der Waals surface area contributed by atoms with E-state index in [1.54, 1.807) is 13.3 Å². The van der Waals surface area contributed by atoms with Gasteiger partial charge in [-0.05, 0) is 49.1 Å². The van der Waals surface area contributed by atoms with E-state index in [0.29, 0.717) is 5.69 Å². The van der Waals surface area contributed by atoms with E-state index < -0.39 is 0 Å². The van der Waals surface area contributed by atoms with Crippen LogP contribution in [0.2, 0.25) is 0 Å². The highest BCUT2D eigenvalue weighted by molar-refractivity contribution is 5.93. The van der Waals surface area contributed by atoms with Crippen molar-refractivity contribution in [2.45, 2.75) is 32.2 Å². The molecule has 5 heteroatoms. The van der Waals surface area contributed by atoms with Gasteiger partial charge in [-0.3, -0.25) is 9.78 Å². The zero-order valence-corrected chi connectivity index (χ0v) is 14.9. The van der Waals surface area contributed by atoms with Gasteiger partial charge in [0, 0.05) is 25.0 Å². The maximum Gasteiger partial charge on any atom is 0.270 e. The summed E-state index contributed by atoms with van der Waals surface area (Å²) in [4.78, 5) is 19.2. The highest BCUT2D eigenvalue weighted by Gasteiger charge is 2.18. The topological polar surface area (TPSA) is 54.5 Å². The molecular formula is C20H25N3O2. The van der Waals surface area contributed by atoms with Crippen molar-refractivity contribution in [1.82, 2.24) is 10.3 Å². The van der Waals surface area contributed by atoms with Crippen molar-refractivity contribution in [2.24, 2.45) is 0 Å². The first-order chi connectivity index (χ1) is 12.2. The Morgan fingerprint density at radius 1 is 1.24 bits per heavy atom. The first kappa shape index (κ1) is 17.3. The van der Waals surface area contributed by atoms with Crippen molar-refractivity contribution in [3.8, 4) is 5.75 Å². The summed E-state index contributed by atoms with van der Waals surface area (Å²) >= 11 is 0. The lowest BCUT2D eigenvalue weighted by molar-refractivity contribution is 0.0930. The standard InChI is InChI=1S/C20H25N3O2/c1-3-18(15-6-8-17(25-2)9-7-15)22-20(24)19-14-16(10-11-21-19)23-12-4-5-13-23/h6-11,14,18H,3-5,12-13H2,1-2H3,(H,22,24). The normalized spacial score (nSPS) is 15.0. The van der Waals surface area contributed by atoms with E-state index in [-0.39, 0.29) is 11.9 Å². The summed E-state index contributed by atoms with van der Waals surface area (Å²) in [5.41, 5.74) is 2.61. The molecular weight excluding hydrogens is 314 g/mol. The third-order valence-corrected chi connectivity index (χ3v) is 4.68.